The fourth-order valence-corrected chi connectivity index (χ4v) is 0.818. The smallest absolute Gasteiger partial charge is 0.286 e. The average molecular weight is 193 g/mol. The van der Waals surface area contributed by atoms with Crippen LogP contribution in [0, 0.1) is 5.41 Å². The Hall–Kier alpha value is -2.11. The van der Waals surface area contributed by atoms with E-state index in [9.17, 15) is 4.79 Å². The van der Waals surface area contributed by atoms with Gasteiger partial charge in [0.15, 0.2) is 5.84 Å². The van der Waals surface area contributed by atoms with Crippen LogP contribution in [-0.4, -0.2) is 16.7 Å². The molecule has 0 atom stereocenters. The highest BCUT2D eigenvalue weighted by Gasteiger charge is 2.03. The predicted octanol–water partition coefficient (Wildman–Crippen LogP) is -0.784. The number of rotatable bonds is 2. The highest BCUT2D eigenvalue weighted by molar-refractivity contribution is 6.35. The molecule has 0 aromatic carbocycles. The minimum absolute atomic E-state index is 0.283. The summed E-state index contributed by atoms with van der Waals surface area (Å²) in [6, 6.07) is 3.37. The van der Waals surface area contributed by atoms with Gasteiger partial charge in [0, 0.05) is 12.7 Å². The van der Waals surface area contributed by atoms with Gasteiger partial charge in [-0.05, 0) is 11.6 Å². The van der Waals surface area contributed by atoms with Gasteiger partial charge >= 0.3 is 0 Å². The van der Waals surface area contributed by atoms with Crippen LogP contribution >= 0.6 is 0 Å². The second-order valence-corrected chi connectivity index (χ2v) is 2.69. The maximum atomic E-state index is 10.9. The zero-order valence-corrected chi connectivity index (χ0v) is 7.45. The molecular formula is C8H11N5O. The molecular weight excluding hydrogens is 182 g/mol. The molecule has 0 aliphatic rings. The van der Waals surface area contributed by atoms with Gasteiger partial charge in [-0.2, -0.15) is 0 Å². The van der Waals surface area contributed by atoms with Crippen molar-refractivity contribution in [2.75, 3.05) is 5.73 Å². The molecule has 0 saturated heterocycles. The van der Waals surface area contributed by atoms with Gasteiger partial charge in [0.05, 0.1) is 0 Å². The molecule has 0 aliphatic heterocycles. The first-order chi connectivity index (χ1) is 6.59. The summed E-state index contributed by atoms with van der Waals surface area (Å²) in [5.74, 6) is -0.679. The van der Waals surface area contributed by atoms with E-state index in [-0.39, 0.29) is 6.54 Å². The lowest BCUT2D eigenvalue weighted by Gasteiger charge is -2.03. The Morgan fingerprint density at radius 3 is 2.79 bits per heavy atom. The van der Waals surface area contributed by atoms with Crippen LogP contribution < -0.4 is 16.8 Å². The van der Waals surface area contributed by atoms with E-state index < -0.39 is 11.7 Å². The number of anilines is 1. The fraction of sp³-hybridized carbons (Fsp3) is 0.125. The Bertz CT molecular complexity index is 345. The normalized spacial score (nSPS) is 9.43. The number of nitrogens with zero attached hydrogens (tertiary/aromatic N) is 1. The first-order valence-electron chi connectivity index (χ1n) is 3.92. The summed E-state index contributed by atoms with van der Waals surface area (Å²) in [6.45, 7) is 0.283. The van der Waals surface area contributed by atoms with E-state index in [4.69, 9.17) is 16.9 Å². The Morgan fingerprint density at radius 1 is 1.57 bits per heavy atom. The minimum Gasteiger partial charge on any atom is -0.384 e. The van der Waals surface area contributed by atoms with Crippen LogP contribution in [0.15, 0.2) is 18.3 Å². The Balaban J connectivity index is 2.50. The van der Waals surface area contributed by atoms with E-state index >= 15 is 0 Å². The lowest BCUT2D eigenvalue weighted by molar-refractivity contribution is -0.115. The average Bonchev–Trinajstić information content (AvgIpc) is 2.16. The first-order valence-corrected chi connectivity index (χ1v) is 3.92. The fourth-order valence-electron chi connectivity index (χ4n) is 0.818. The number of nitrogen functional groups attached to an aromatic ring is 1. The summed E-state index contributed by atoms with van der Waals surface area (Å²) in [5.41, 5.74) is 11.1. The predicted molar refractivity (Wildman–Crippen MR) is 52.4 cm³/mol. The zero-order valence-electron chi connectivity index (χ0n) is 7.45. The molecule has 1 aromatic rings. The van der Waals surface area contributed by atoms with Crippen molar-refractivity contribution < 1.29 is 4.79 Å². The van der Waals surface area contributed by atoms with E-state index in [1.165, 1.54) is 0 Å². The maximum absolute atomic E-state index is 10.9. The molecule has 0 spiro atoms. The molecule has 14 heavy (non-hydrogen) atoms. The molecule has 6 heteroatoms. The van der Waals surface area contributed by atoms with E-state index in [2.05, 4.69) is 10.3 Å². The molecule has 0 unspecified atom stereocenters. The number of pyridine rings is 1. The van der Waals surface area contributed by atoms with Gasteiger partial charge in [-0.25, -0.2) is 4.98 Å². The number of hydrogen-bond donors (Lipinski definition) is 4. The Labute approximate surface area is 80.8 Å². The number of amides is 1. The summed E-state index contributed by atoms with van der Waals surface area (Å²) in [4.78, 5) is 14.7. The molecule has 1 heterocycles. The molecule has 1 aromatic heterocycles. The SMILES string of the molecule is N=C(N)C(=O)NCc1ccc(N)nc1. The molecule has 74 valence electrons. The number of nitrogens with two attached hydrogens (primary N) is 2. The van der Waals surface area contributed by atoms with E-state index in [1.54, 1.807) is 18.3 Å². The second-order valence-electron chi connectivity index (χ2n) is 2.69. The number of hydrogen-bond acceptors (Lipinski definition) is 4. The van der Waals surface area contributed by atoms with Crippen LogP contribution in [0.5, 0.6) is 0 Å². The van der Waals surface area contributed by atoms with Crippen molar-refractivity contribution in [3.63, 3.8) is 0 Å². The highest BCUT2D eigenvalue weighted by atomic mass is 16.2. The van der Waals surface area contributed by atoms with Crippen molar-refractivity contribution in [2.24, 2.45) is 5.73 Å². The van der Waals surface area contributed by atoms with Crippen molar-refractivity contribution in [1.82, 2.24) is 10.3 Å². The number of carbonyl (C=O) groups excluding carboxylic acids is 1. The van der Waals surface area contributed by atoms with Crippen molar-refractivity contribution in [3.05, 3.63) is 23.9 Å². The standard InChI is InChI=1S/C8H11N5O/c9-6-2-1-5(3-12-6)4-13-8(14)7(10)11/h1-3H,4H2,(H2,9,12)(H3,10,11)(H,13,14). The van der Waals surface area contributed by atoms with Gasteiger partial charge in [0.1, 0.15) is 5.82 Å². The monoisotopic (exact) mass is 193 g/mol. The van der Waals surface area contributed by atoms with E-state index in [0.717, 1.165) is 5.56 Å². The third-order valence-corrected chi connectivity index (χ3v) is 1.55. The van der Waals surface area contributed by atoms with Crippen LogP contribution in [0.25, 0.3) is 0 Å². The maximum Gasteiger partial charge on any atom is 0.286 e. The van der Waals surface area contributed by atoms with Gasteiger partial charge in [-0.15, -0.1) is 0 Å². The van der Waals surface area contributed by atoms with Crippen LogP contribution in [0.3, 0.4) is 0 Å². The molecule has 6 nitrogen and oxygen atoms in total. The molecule has 0 bridgehead atoms. The second kappa shape index (κ2) is 4.22. The Morgan fingerprint density at radius 2 is 2.29 bits per heavy atom. The molecule has 0 radical (unpaired) electrons. The van der Waals surface area contributed by atoms with Crippen molar-refractivity contribution in [3.8, 4) is 0 Å². The van der Waals surface area contributed by atoms with Gasteiger partial charge in [-0.3, -0.25) is 10.2 Å². The van der Waals surface area contributed by atoms with E-state index in [1.807, 2.05) is 0 Å². The van der Waals surface area contributed by atoms with Gasteiger partial charge in [0.2, 0.25) is 0 Å². The summed E-state index contributed by atoms with van der Waals surface area (Å²) in [5, 5.41) is 9.28. The summed E-state index contributed by atoms with van der Waals surface area (Å²) >= 11 is 0. The molecule has 0 saturated carbocycles. The van der Waals surface area contributed by atoms with E-state index in [0.29, 0.717) is 5.82 Å². The van der Waals surface area contributed by atoms with Gasteiger partial charge in [-0.1, -0.05) is 6.07 Å². The molecule has 0 fully saturated rings. The highest BCUT2D eigenvalue weighted by Crippen LogP contribution is 2.00. The topological polar surface area (TPSA) is 118 Å². The van der Waals surface area contributed by atoms with Crippen molar-refractivity contribution in [1.29, 1.82) is 5.41 Å². The van der Waals surface area contributed by atoms with Crippen LogP contribution in [0.2, 0.25) is 0 Å². The summed E-state index contributed by atoms with van der Waals surface area (Å²) in [6.07, 6.45) is 1.55. The molecule has 1 amide bonds. The first kappa shape index (κ1) is 9.97. The van der Waals surface area contributed by atoms with Crippen molar-refractivity contribution >= 4 is 17.6 Å². The number of amidine groups is 1. The summed E-state index contributed by atoms with van der Waals surface area (Å²) < 4.78 is 0. The number of carbonyl (C=O) groups is 1. The van der Waals surface area contributed by atoms with Gasteiger partial charge < -0.3 is 16.8 Å². The number of nitrogens with one attached hydrogen (secondary N) is 2. The quantitative estimate of drug-likeness (QED) is 0.364. The number of aromatic nitrogens is 1. The Kier molecular flexibility index (Phi) is 3.01. The lowest BCUT2D eigenvalue weighted by atomic mass is 10.3. The molecule has 1 rings (SSSR count). The lowest BCUT2D eigenvalue weighted by Crippen LogP contribution is -2.35. The molecule has 0 aliphatic carbocycles. The zero-order chi connectivity index (χ0) is 10.6. The third kappa shape index (κ3) is 2.74. The van der Waals surface area contributed by atoms with Crippen LogP contribution in [0.1, 0.15) is 5.56 Å². The molecule has 6 N–H and O–H groups in total. The third-order valence-electron chi connectivity index (χ3n) is 1.55. The van der Waals surface area contributed by atoms with Crippen molar-refractivity contribution in [2.45, 2.75) is 6.54 Å². The van der Waals surface area contributed by atoms with Gasteiger partial charge in [0.25, 0.3) is 5.91 Å². The largest absolute Gasteiger partial charge is 0.384 e. The van der Waals surface area contributed by atoms with Crippen LogP contribution in [0.4, 0.5) is 5.82 Å². The minimum atomic E-state index is -0.596. The summed E-state index contributed by atoms with van der Waals surface area (Å²) in [7, 11) is 0. The van der Waals surface area contributed by atoms with Crippen LogP contribution in [-0.2, 0) is 11.3 Å².